The summed E-state index contributed by atoms with van der Waals surface area (Å²) in [5.41, 5.74) is 4.61. The molecule has 0 radical (unpaired) electrons. The van der Waals surface area contributed by atoms with Crippen molar-refractivity contribution in [2.45, 2.75) is 113 Å². The maximum absolute atomic E-state index is 14.4. The fourth-order valence-corrected chi connectivity index (χ4v) is 17.5. The first-order valence-electron chi connectivity index (χ1n) is 27.0. The number of benzene rings is 8. The van der Waals surface area contributed by atoms with Gasteiger partial charge in [0.2, 0.25) is 39.3 Å². The van der Waals surface area contributed by atoms with Crippen molar-refractivity contribution in [1.82, 2.24) is 0 Å². The first kappa shape index (κ1) is 64.4. The van der Waals surface area contributed by atoms with E-state index in [4.69, 9.17) is 0 Å². The van der Waals surface area contributed by atoms with E-state index in [-0.39, 0.29) is 49.0 Å². The number of rotatable bonds is 20. The highest BCUT2D eigenvalue weighted by molar-refractivity contribution is 7.93. The van der Waals surface area contributed by atoms with Crippen LogP contribution in [0.5, 0.6) is 0 Å². The highest BCUT2D eigenvalue weighted by Gasteiger charge is 2.35. The molecule has 0 atom stereocenters. The molecule has 85 heavy (non-hydrogen) atoms. The van der Waals surface area contributed by atoms with Crippen LogP contribution in [0.15, 0.2) is 231 Å². The Morgan fingerprint density at radius 1 is 0.329 bits per heavy atom. The summed E-state index contributed by atoms with van der Waals surface area (Å²) in [6, 6.07) is 45.0. The predicted molar refractivity (Wildman–Crippen MR) is 330 cm³/mol. The SMILES string of the molecule is Cc1ccc(S(=O)(=O)c2ccc(S(=O)(=O)c3ccc(C(C)(C)c4ccc(S(=O)(=O)Cc5ccc(S(=O)(=O)c6ccc(S(=O)(=O)c7ccc(C(C)(C)c8ccc(S(C)(=O)=O)cc8)cc7)cc6)cc5)cc4C[N+](C)(C)C)c(C[N+](C)(C)C)c3)cc2)cc1. The Morgan fingerprint density at radius 3 is 0.941 bits per heavy atom. The summed E-state index contributed by atoms with van der Waals surface area (Å²) in [6.07, 6.45) is 1.13. The molecule has 0 aromatic heterocycles. The molecule has 0 heterocycles. The number of aryl methyl sites for hydroxylation is 1. The summed E-state index contributed by atoms with van der Waals surface area (Å²) in [6.45, 7) is 10.6. The van der Waals surface area contributed by atoms with E-state index in [1.165, 1.54) is 109 Å². The van der Waals surface area contributed by atoms with Gasteiger partial charge in [-0.2, -0.15) is 0 Å². The van der Waals surface area contributed by atoms with E-state index >= 15 is 0 Å². The fourth-order valence-electron chi connectivity index (χ4n) is 10.4. The Morgan fingerprint density at radius 2 is 0.600 bits per heavy atom. The van der Waals surface area contributed by atoms with Crippen LogP contribution in [0.4, 0.5) is 0 Å². The molecule has 0 aliphatic heterocycles. The summed E-state index contributed by atoms with van der Waals surface area (Å²) in [5.74, 6) is -0.446. The molecule has 448 valence electrons. The third-order valence-corrected chi connectivity index (χ3v) is 25.1. The summed E-state index contributed by atoms with van der Waals surface area (Å²) in [5, 5.41) is 0. The summed E-state index contributed by atoms with van der Waals surface area (Å²) >= 11 is 0. The van der Waals surface area contributed by atoms with E-state index < -0.39 is 75.6 Å². The van der Waals surface area contributed by atoms with E-state index in [1.54, 1.807) is 66.7 Å². The Hall–Kier alpha value is -6.62. The van der Waals surface area contributed by atoms with Gasteiger partial charge in [-0.1, -0.05) is 93.9 Å². The van der Waals surface area contributed by atoms with Gasteiger partial charge in [0.15, 0.2) is 19.7 Å². The van der Waals surface area contributed by atoms with Gasteiger partial charge in [-0.15, -0.1) is 0 Å². The summed E-state index contributed by atoms with van der Waals surface area (Å²) < 4.78 is 164. The third kappa shape index (κ3) is 13.8. The molecule has 0 amide bonds. The smallest absolute Gasteiger partial charge is 0.206 e. The first-order chi connectivity index (χ1) is 39.1. The lowest BCUT2D eigenvalue weighted by Gasteiger charge is -2.34. The first-order valence-corrected chi connectivity index (χ1v) is 36.5. The molecule has 8 rings (SSSR count). The van der Waals surface area contributed by atoms with Crippen molar-refractivity contribution < 1.29 is 59.5 Å². The van der Waals surface area contributed by atoms with Gasteiger partial charge in [0.05, 0.1) is 97.0 Å². The van der Waals surface area contributed by atoms with Crippen LogP contribution in [-0.4, -0.2) is 108 Å². The number of hydrogen-bond acceptors (Lipinski definition) is 12. The molecular formula is C65H72N2O12S6+2. The maximum Gasteiger partial charge on any atom is 0.206 e. The standard InChI is InChI=1S/C65H72N2O12S6/c1-46-13-21-53(22-14-46)82(72,73)56-33-35-59(36-34-56)85(78,79)61-38-40-63(49(42-61)44-67(9,10)11)65(4,5)62-39-37-60(41-48(62)43-66(6,7)8)81(70,71)45-47-15-23-54(24-16-47)83(74,75)57-29-31-58(32-30-57)84(76,77)55-27-19-51(20-28-55)64(2,3)50-17-25-52(26-18-50)80(12,68)69/h13-42H,43-45H2,1-12H3/q+2. The maximum atomic E-state index is 14.4. The minimum absolute atomic E-state index is 0.00710. The van der Waals surface area contributed by atoms with E-state index in [1.807, 2.05) is 83.0 Å². The molecular weight excluding hydrogens is 1190 g/mol. The topological polar surface area (TPSA) is 205 Å². The number of hydrogen-bond donors (Lipinski definition) is 0. The molecule has 20 heteroatoms. The lowest BCUT2D eigenvalue weighted by Crippen LogP contribution is -2.36. The van der Waals surface area contributed by atoms with Crippen molar-refractivity contribution in [3.8, 4) is 0 Å². The quantitative estimate of drug-likeness (QED) is 0.0654. The van der Waals surface area contributed by atoms with Crippen LogP contribution < -0.4 is 0 Å². The van der Waals surface area contributed by atoms with E-state index in [0.29, 0.717) is 27.6 Å². The van der Waals surface area contributed by atoms with Gasteiger partial charge >= 0.3 is 0 Å². The Bertz CT molecular complexity index is 4550. The average molecular weight is 1270 g/mol. The molecule has 0 spiro atoms. The van der Waals surface area contributed by atoms with Gasteiger partial charge in [-0.25, -0.2) is 50.5 Å². The molecule has 0 fully saturated rings. The zero-order valence-corrected chi connectivity index (χ0v) is 54.6. The molecule has 0 saturated carbocycles. The summed E-state index contributed by atoms with van der Waals surface area (Å²) in [7, 11) is -11.7. The lowest BCUT2D eigenvalue weighted by molar-refractivity contribution is -0.884. The van der Waals surface area contributed by atoms with Crippen LogP contribution in [-0.2, 0) is 88.7 Å². The van der Waals surface area contributed by atoms with Gasteiger partial charge in [-0.3, -0.25) is 0 Å². The zero-order valence-electron chi connectivity index (χ0n) is 49.7. The van der Waals surface area contributed by atoms with Crippen molar-refractivity contribution in [2.24, 2.45) is 0 Å². The highest BCUT2D eigenvalue weighted by atomic mass is 32.2. The predicted octanol–water partition coefficient (Wildman–Crippen LogP) is 10.8. The van der Waals surface area contributed by atoms with Gasteiger partial charge in [0.1, 0.15) is 13.1 Å². The number of nitrogens with zero attached hydrogens (tertiary/aromatic N) is 2. The minimum atomic E-state index is -4.18. The average Bonchev–Trinajstić information content (AvgIpc) is 1.31. The van der Waals surface area contributed by atoms with Crippen LogP contribution in [0.25, 0.3) is 0 Å². The van der Waals surface area contributed by atoms with Crippen molar-refractivity contribution in [3.05, 3.63) is 226 Å². The Labute approximate surface area is 503 Å². The molecule has 0 bridgehead atoms. The molecule has 0 aliphatic rings. The Kier molecular flexibility index (Phi) is 17.4. The van der Waals surface area contributed by atoms with Crippen molar-refractivity contribution in [2.75, 3.05) is 48.5 Å². The monoisotopic (exact) mass is 1260 g/mol. The third-order valence-electron chi connectivity index (χ3n) is 15.2. The molecule has 0 aliphatic carbocycles. The number of sulfone groups is 6. The molecule has 0 N–H and O–H groups in total. The van der Waals surface area contributed by atoms with Crippen LogP contribution >= 0.6 is 0 Å². The van der Waals surface area contributed by atoms with E-state index in [2.05, 4.69) is 0 Å². The van der Waals surface area contributed by atoms with Crippen LogP contribution in [0.2, 0.25) is 0 Å². The van der Waals surface area contributed by atoms with Gasteiger partial charge in [0.25, 0.3) is 0 Å². The van der Waals surface area contributed by atoms with Crippen LogP contribution in [0.1, 0.15) is 72.2 Å². The zero-order chi connectivity index (χ0) is 62.7. The van der Waals surface area contributed by atoms with Crippen LogP contribution in [0.3, 0.4) is 0 Å². The van der Waals surface area contributed by atoms with Gasteiger partial charge < -0.3 is 8.97 Å². The van der Waals surface area contributed by atoms with E-state index in [9.17, 15) is 50.5 Å². The summed E-state index contributed by atoms with van der Waals surface area (Å²) in [4.78, 5) is -0.139. The molecule has 8 aromatic rings. The van der Waals surface area contributed by atoms with Gasteiger partial charge in [0, 0.05) is 28.2 Å². The number of quaternary nitrogens is 2. The second kappa shape index (κ2) is 22.9. The molecule has 0 unspecified atom stereocenters. The molecule has 14 nitrogen and oxygen atoms in total. The van der Waals surface area contributed by atoms with Crippen molar-refractivity contribution in [3.63, 3.8) is 0 Å². The highest BCUT2D eigenvalue weighted by Crippen LogP contribution is 2.41. The largest absolute Gasteiger partial charge is 0.327 e. The van der Waals surface area contributed by atoms with Crippen LogP contribution in [0, 0.1) is 6.92 Å². The fraction of sp³-hybridized carbons (Fsp3) is 0.262. The van der Waals surface area contributed by atoms with Crippen molar-refractivity contribution >= 4 is 59.0 Å². The Balaban J connectivity index is 1.01. The normalized spacial score (nSPS) is 13.4. The molecule has 8 aromatic carbocycles. The van der Waals surface area contributed by atoms with Gasteiger partial charge in [-0.05, 0) is 156 Å². The lowest BCUT2D eigenvalue weighted by atomic mass is 9.74. The van der Waals surface area contributed by atoms with Crippen molar-refractivity contribution in [1.29, 1.82) is 0 Å². The molecule has 0 saturated heterocycles. The minimum Gasteiger partial charge on any atom is -0.327 e. The van der Waals surface area contributed by atoms with E-state index in [0.717, 1.165) is 45.2 Å². The second-order valence-corrected chi connectivity index (χ2v) is 36.6. The second-order valence-electron chi connectivity index (χ2n) is 24.8.